The molecular weight excluding hydrogens is 448 g/mol. The molecule has 1 fully saturated rings. The molecular formula is C26H34N4O5. The number of nitrogens with zero attached hydrogens (tertiary/aromatic N) is 3. The van der Waals surface area contributed by atoms with Gasteiger partial charge in [0.2, 0.25) is 5.88 Å². The summed E-state index contributed by atoms with van der Waals surface area (Å²) in [5, 5.41) is 9.72. The van der Waals surface area contributed by atoms with E-state index in [9.17, 15) is 14.9 Å². The number of allylic oxidation sites excluding steroid dienone is 2. The summed E-state index contributed by atoms with van der Waals surface area (Å²) >= 11 is 0. The van der Waals surface area contributed by atoms with E-state index in [0.29, 0.717) is 18.8 Å². The van der Waals surface area contributed by atoms with Crippen LogP contribution in [0.4, 0.5) is 4.79 Å². The zero-order valence-corrected chi connectivity index (χ0v) is 21.1. The predicted molar refractivity (Wildman–Crippen MR) is 130 cm³/mol. The average Bonchev–Trinajstić information content (AvgIpc) is 2.78. The molecule has 0 aliphatic carbocycles. The number of carbonyl (C=O) groups excluding carboxylic acids is 2. The van der Waals surface area contributed by atoms with Gasteiger partial charge in [-0.1, -0.05) is 24.3 Å². The third-order valence-electron chi connectivity index (χ3n) is 5.84. The fraction of sp³-hybridized carbons (Fsp3) is 0.500. The highest BCUT2D eigenvalue weighted by atomic mass is 16.6. The van der Waals surface area contributed by atoms with Gasteiger partial charge in [0.05, 0.1) is 18.1 Å². The second-order valence-corrected chi connectivity index (χ2v) is 9.60. The van der Waals surface area contributed by atoms with Gasteiger partial charge in [-0.05, 0) is 45.7 Å². The SMILES string of the molecule is CCOC(=O)C1=C(C)OC(N)=C(C#N)C1c1ccc(CN2CCN(C(=O)OC(C)(C)C)CC2)cc1. The van der Waals surface area contributed by atoms with Crippen LogP contribution >= 0.6 is 0 Å². The van der Waals surface area contributed by atoms with Crippen molar-refractivity contribution in [3.8, 4) is 6.07 Å². The number of nitriles is 1. The highest BCUT2D eigenvalue weighted by Gasteiger charge is 2.36. The summed E-state index contributed by atoms with van der Waals surface area (Å²) < 4.78 is 16.1. The molecule has 1 aromatic rings. The largest absolute Gasteiger partial charge is 0.463 e. The molecule has 1 atom stereocenters. The molecule has 35 heavy (non-hydrogen) atoms. The van der Waals surface area contributed by atoms with Gasteiger partial charge in [0.25, 0.3) is 0 Å². The lowest BCUT2D eigenvalue weighted by Gasteiger charge is -2.35. The number of rotatable bonds is 5. The first-order valence-electron chi connectivity index (χ1n) is 11.8. The van der Waals surface area contributed by atoms with Crippen molar-refractivity contribution in [1.82, 2.24) is 9.80 Å². The molecule has 0 bridgehead atoms. The maximum Gasteiger partial charge on any atom is 0.410 e. The number of esters is 1. The molecule has 0 radical (unpaired) electrons. The zero-order chi connectivity index (χ0) is 25.8. The fourth-order valence-corrected chi connectivity index (χ4v) is 4.18. The minimum atomic E-state index is -0.653. The quantitative estimate of drug-likeness (QED) is 0.635. The van der Waals surface area contributed by atoms with E-state index < -0.39 is 17.5 Å². The molecule has 1 aromatic carbocycles. The first-order valence-corrected chi connectivity index (χ1v) is 11.8. The van der Waals surface area contributed by atoms with Crippen LogP contribution in [-0.4, -0.2) is 60.2 Å². The zero-order valence-electron chi connectivity index (χ0n) is 21.1. The molecule has 0 aromatic heterocycles. The maximum absolute atomic E-state index is 12.7. The normalized spacial score (nSPS) is 19.2. The van der Waals surface area contributed by atoms with Crippen LogP contribution in [-0.2, 0) is 25.5 Å². The molecule has 2 N–H and O–H groups in total. The van der Waals surface area contributed by atoms with Crippen LogP contribution in [0.2, 0.25) is 0 Å². The van der Waals surface area contributed by atoms with Crippen molar-refractivity contribution in [1.29, 1.82) is 5.26 Å². The highest BCUT2D eigenvalue weighted by Crippen LogP contribution is 2.39. The van der Waals surface area contributed by atoms with E-state index in [4.69, 9.17) is 19.9 Å². The Morgan fingerprint density at radius 1 is 1.17 bits per heavy atom. The van der Waals surface area contributed by atoms with E-state index in [1.807, 2.05) is 45.0 Å². The van der Waals surface area contributed by atoms with E-state index in [0.717, 1.165) is 30.8 Å². The van der Waals surface area contributed by atoms with Gasteiger partial charge in [0, 0.05) is 32.7 Å². The molecule has 2 aliphatic rings. The summed E-state index contributed by atoms with van der Waals surface area (Å²) in [5.41, 5.74) is 7.77. The van der Waals surface area contributed by atoms with Gasteiger partial charge in [-0.15, -0.1) is 0 Å². The predicted octanol–water partition coefficient (Wildman–Crippen LogP) is 3.38. The Morgan fingerprint density at radius 3 is 2.34 bits per heavy atom. The summed E-state index contributed by atoms with van der Waals surface area (Å²) in [5.74, 6) is -0.853. The topological polar surface area (TPSA) is 118 Å². The van der Waals surface area contributed by atoms with Crippen LogP contribution in [0.15, 0.2) is 47.1 Å². The number of benzene rings is 1. The molecule has 2 aliphatic heterocycles. The minimum absolute atomic E-state index is 0.00465. The van der Waals surface area contributed by atoms with E-state index in [-0.39, 0.29) is 29.7 Å². The summed E-state index contributed by atoms with van der Waals surface area (Å²) in [7, 11) is 0. The van der Waals surface area contributed by atoms with Crippen molar-refractivity contribution < 1.29 is 23.8 Å². The van der Waals surface area contributed by atoms with Gasteiger partial charge in [-0.3, -0.25) is 4.90 Å². The number of carbonyl (C=O) groups is 2. The monoisotopic (exact) mass is 482 g/mol. The molecule has 1 unspecified atom stereocenters. The molecule has 9 heteroatoms. The van der Waals surface area contributed by atoms with Crippen molar-refractivity contribution in [3.63, 3.8) is 0 Å². The van der Waals surface area contributed by atoms with Crippen LogP contribution in [0, 0.1) is 11.3 Å². The van der Waals surface area contributed by atoms with Gasteiger partial charge >= 0.3 is 12.1 Å². The summed E-state index contributed by atoms with van der Waals surface area (Å²) in [6, 6.07) is 9.86. The van der Waals surface area contributed by atoms with Crippen LogP contribution < -0.4 is 5.73 Å². The van der Waals surface area contributed by atoms with Gasteiger partial charge in [0.1, 0.15) is 23.0 Å². The van der Waals surface area contributed by atoms with E-state index in [2.05, 4.69) is 11.0 Å². The third kappa shape index (κ3) is 6.34. The molecule has 9 nitrogen and oxygen atoms in total. The van der Waals surface area contributed by atoms with Crippen LogP contribution in [0.5, 0.6) is 0 Å². The molecule has 0 spiro atoms. The Balaban J connectivity index is 1.70. The van der Waals surface area contributed by atoms with Gasteiger partial charge < -0.3 is 24.8 Å². The Kier molecular flexibility index (Phi) is 8.07. The summed E-state index contributed by atoms with van der Waals surface area (Å²) in [4.78, 5) is 29.0. The summed E-state index contributed by atoms with van der Waals surface area (Å²) in [6.07, 6.45) is -0.278. The Hall–Kier alpha value is -3.51. The van der Waals surface area contributed by atoms with Gasteiger partial charge in [0.15, 0.2) is 0 Å². The first kappa shape index (κ1) is 26.1. The molecule has 1 amide bonds. The van der Waals surface area contributed by atoms with Crippen LogP contribution in [0.25, 0.3) is 0 Å². The molecule has 188 valence electrons. The standard InChI is InChI=1S/C26H34N4O5/c1-6-33-24(31)21-17(2)34-23(28)20(15-27)22(21)19-9-7-18(8-10-19)16-29-11-13-30(14-12-29)25(32)35-26(3,4)5/h7-10,22H,6,11-14,16,28H2,1-5H3. The molecule has 1 saturated heterocycles. The molecule has 3 rings (SSSR count). The number of amides is 1. The minimum Gasteiger partial charge on any atom is -0.463 e. The van der Waals surface area contributed by atoms with Crippen molar-refractivity contribution in [2.75, 3.05) is 32.8 Å². The third-order valence-corrected chi connectivity index (χ3v) is 5.84. The number of piperazine rings is 1. The lowest BCUT2D eigenvalue weighted by atomic mass is 9.83. The number of ether oxygens (including phenoxy) is 3. The van der Waals surface area contributed by atoms with E-state index in [1.54, 1.807) is 18.7 Å². The number of nitrogens with two attached hydrogens (primary N) is 1. The fourth-order valence-electron chi connectivity index (χ4n) is 4.18. The second kappa shape index (κ2) is 10.8. The van der Waals surface area contributed by atoms with Crippen LogP contribution in [0.1, 0.15) is 51.7 Å². The Morgan fingerprint density at radius 2 is 1.80 bits per heavy atom. The van der Waals surface area contributed by atoms with Crippen molar-refractivity contribution in [2.24, 2.45) is 5.73 Å². The van der Waals surface area contributed by atoms with Crippen molar-refractivity contribution in [3.05, 3.63) is 58.2 Å². The smallest absolute Gasteiger partial charge is 0.410 e. The molecule has 2 heterocycles. The second-order valence-electron chi connectivity index (χ2n) is 9.60. The van der Waals surface area contributed by atoms with Gasteiger partial charge in [-0.2, -0.15) is 5.26 Å². The Labute approximate surface area is 206 Å². The van der Waals surface area contributed by atoms with E-state index >= 15 is 0 Å². The number of hydrogen-bond acceptors (Lipinski definition) is 8. The summed E-state index contributed by atoms with van der Waals surface area (Å²) in [6.45, 7) is 12.6. The first-order chi connectivity index (χ1) is 16.5. The lowest BCUT2D eigenvalue weighted by Crippen LogP contribution is -2.49. The highest BCUT2D eigenvalue weighted by molar-refractivity contribution is 5.92. The Bertz CT molecular complexity index is 1050. The lowest BCUT2D eigenvalue weighted by molar-refractivity contribution is -0.139. The van der Waals surface area contributed by atoms with Crippen molar-refractivity contribution in [2.45, 2.75) is 52.7 Å². The number of hydrogen-bond donors (Lipinski definition) is 1. The molecule has 0 saturated carbocycles. The maximum atomic E-state index is 12.7. The van der Waals surface area contributed by atoms with Crippen molar-refractivity contribution >= 4 is 12.1 Å². The van der Waals surface area contributed by atoms with E-state index in [1.165, 1.54) is 0 Å². The van der Waals surface area contributed by atoms with Crippen LogP contribution in [0.3, 0.4) is 0 Å². The average molecular weight is 483 g/mol. The van der Waals surface area contributed by atoms with Gasteiger partial charge in [-0.25, -0.2) is 9.59 Å².